The van der Waals surface area contributed by atoms with E-state index in [4.69, 9.17) is 28.7 Å². The molecule has 1 saturated heterocycles. The molecule has 1 N–H and O–H groups in total. The van der Waals surface area contributed by atoms with Crippen molar-refractivity contribution in [2.75, 3.05) is 39.7 Å². The summed E-state index contributed by atoms with van der Waals surface area (Å²) in [5, 5.41) is 16.5. The third-order valence-corrected chi connectivity index (χ3v) is 15.4. The minimum Gasteiger partial charge on any atom is -0.497 e. The Kier molecular flexibility index (Phi) is 16.2. The third kappa shape index (κ3) is 13.0. The van der Waals surface area contributed by atoms with Crippen molar-refractivity contribution < 1.29 is 41.7 Å². The molecule has 5 aromatic carbocycles. The second-order valence-corrected chi connectivity index (χ2v) is 23.1. The molecule has 19 heteroatoms. The largest absolute Gasteiger partial charge is 0.497 e. The van der Waals surface area contributed by atoms with Gasteiger partial charge in [0.2, 0.25) is 10.0 Å². The lowest BCUT2D eigenvalue weighted by Gasteiger charge is -2.33. The molecule has 1 fully saturated rings. The van der Waals surface area contributed by atoms with E-state index >= 15 is 8.42 Å². The smallest absolute Gasteiger partial charge is 0.413 e. The number of piperidine rings is 1. The van der Waals surface area contributed by atoms with E-state index in [9.17, 15) is 9.59 Å². The van der Waals surface area contributed by atoms with Crippen LogP contribution < -0.4 is 19.5 Å². The monoisotopic (exact) mass is 1040 g/mol. The van der Waals surface area contributed by atoms with Crippen LogP contribution in [-0.4, -0.2) is 101 Å². The van der Waals surface area contributed by atoms with Gasteiger partial charge < -0.3 is 28.6 Å². The number of methoxy groups -OCH3 is 3. The molecule has 0 unspecified atom stereocenters. The van der Waals surface area contributed by atoms with Gasteiger partial charge in [0.05, 0.1) is 43.0 Å². The summed E-state index contributed by atoms with van der Waals surface area (Å²) < 4.78 is 64.5. The number of aryl methyl sites for hydroxylation is 1. The highest BCUT2D eigenvalue weighted by Gasteiger charge is 2.36. The van der Waals surface area contributed by atoms with Crippen LogP contribution in [0.2, 0.25) is 0 Å². The number of aromatic nitrogens is 5. The Bertz CT molecular complexity index is 3130. The number of carbonyl (C=O) groups is 2. The number of amides is 2. The lowest BCUT2D eigenvalue weighted by atomic mass is 9.89. The van der Waals surface area contributed by atoms with Crippen molar-refractivity contribution in [1.82, 2.24) is 34.4 Å². The molecule has 1 aliphatic rings. The van der Waals surface area contributed by atoms with Crippen LogP contribution in [0.5, 0.6) is 17.2 Å². The lowest BCUT2D eigenvalue weighted by Crippen LogP contribution is -2.41. The summed E-state index contributed by atoms with van der Waals surface area (Å²) >= 11 is 1.27. The molecule has 1 aliphatic heterocycles. The van der Waals surface area contributed by atoms with Gasteiger partial charge in [0.25, 0.3) is 0 Å². The van der Waals surface area contributed by atoms with E-state index < -0.39 is 27.3 Å². The second-order valence-electron chi connectivity index (χ2n) is 20.2. The Balaban J connectivity index is 1.32. The first-order chi connectivity index (χ1) is 35.3. The van der Waals surface area contributed by atoms with E-state index in [1.54, 1.807) is 51.7 Å². The van der Waals surface area contributed by atoms with Crippen molar-refractivity contribution in [3.05, 3.63) is 125 Å². The number of hydrogen-bond donors (Lipinski definition) is 1. The molecular weight excluding hydrogens is 981 g/mol. The molecule has 17 nitrogen and oxygen atoms in total. The van der Waals surface area contributed by atoms with Crippen molar-refractivity contribution in [2.45, 2.75) is 103 Å². The number of nitrogens with one attached hydrogen (secondary N) is 1. The molecule has 0 saturated carbocycles. The number of thiazole rings is 1. The third-order valence-electron chi connectivity index (χ3n) is 12.5. The van der Waals surface area contributed by atoms with Crippen molar-refractivity contribution in [1.29, 1.82) is 0 Å². The molecule has 0 aliphatic carbocycles. The minimum absolute atomic E-state index is 0.00272. The molecule has 0 atom stereocenters. The number of hydrogen-bond acceptors (Lipinski definition) is 14. The highest BCUT2D eigenvalue weighted by molar-refractivity contribution is 7.89. The zero-order chi connectivity index (χ0) is 52.8. The van der Waals surface area contributed by atoms with Crippen LogP contribution >= 0.6 is 11.3 Å². The molecule has 0 bridgehead atoms. The molecule has 3 heterocycles. The highest BCUT2D eigenvalue weighted by atomic mass is 32.2. The Morgan fingerprint density at radius 1 is 0.730 bits per heavy atom. The van der Waals surface area contributed by atoms with E-state index in [1.807, 2.05) is 124 Å². The Labute approximate surface area is 436 Å². The zero-order valence-corrected chi connectivity index (χ0v) is 45.0. The fourth-order valence-corrected chi connectivity index (χ4v) is 11.6. The summed E-state index contributed by atoms with van der Waals surface area (Å²) in [6.45, 7) is 12.2. The van der Waals surface area contributed by atoms with E-state index in [2.05, 4.69) is 20.8 Å². The summed E-state index contributed by atoms with van der Waals surface area (Å²) in [5.41, 5.74) is 3.46. The van der Waals surface area contributed by atoms with Gasteiger partial charge in [-0.05, 0) is 154 Å². The fourth-order valence-electron chi connectivity index (χ4n) is 8.88. The van der Waals surface area contributed by atoms with Crippen molar-refractivity contribution in [3.63, 3.8) is 0 Å². The van der Waals surface area contributed by atoms with Gasteiger partial charge in [-0.15, -0.1) is 5.10 Å². The number of ether oxygens (including phenoxy) is 5. The molecule has 8 rings (SSSR count). The molecule has 0 spiro atoms. The van der Waals surface area contributed by atoms with E-state index in [1.165, 1.54) is 15.6 Å². The Hall–Kier alpha value is -7.09. The molecule has 2 amide bonds. The predicted molar refractivity (Wildman–Crippen MR) is 285 cm³/mol. The van der Waals surface area contributed by atoms with Crippen LogP contribution in [0.25, 0.3) is 32.7 Å². The lowest BCUT2D eigenvalue weighted by molar-refractivity contribution is 0.0181. The summed E-state index contributed by atoms with van der Waals surface area (Å²) in [6.07, 6.45) is 1.46. The quantitative estimate of drug-likeness (QED) is 0.0908. The number of carbonyl (C=O) groups excluding carboxylic acids is 2. The number of benzene rings is 5. The summed E-state index contributed by atoms with van der Waals surface area (Å²) in [6, 6.07) is 31.7. The number of likely N-dealkylation sites (tertiary alicyclic amines) is 1. The first-order valence-electron chi connectivity index (χ1n) is 24.5. The molecule has 74 heavy (non-hydrogen) atoms. The van der Waals surface area contributed by atoms with Gasteiger partial charge in [-0.1, -0.05) is 72.0 Å². The molecule has 390 valence electrons. The van der Waals surface area contributed by atoms with Crippen molar-refractivity contribution in [2.24, 2.45) is 5.92 Å². The van der Waals surface area contributed by atoms with E-state index in [-0.39, 0.29) is 47.9 Å². The van der Waals surface area contributed by atoms with Crippen LogP contribution in [0, 0.1) is 5.92 Å². The fraction of sp³-hybridized carbons (Fsp3) is 0.382. The summed E-state index contributed by atoms with van der Waals surface area (Å²) in [7, 11) is 0.241. The molecule has 7 aromatic rings. The van der Waals surface area contributed by atoms with Crippen LogP contribution in [0.4, 0.5) is 14.7 Å². The van der Waals surface area contributed by atoms with Gasteiger partial charge in [-0.2, -0.15) is 4.31 Å². The van der Waals surface area contributed by atoms with Gasteiger partial charge in [-0.3, -0.25) is 5.32 Å². The summed E-state index contributed by atoms with van der Waals surface area (Å²) in [4.78, 5) is 32.8. The van der Waals surface area contributed by atoms with Crippen LogP contribution in [0.1, 0.15) is 83.1 Å². The average Bonchev–Trinajstić information content (AvgIpc) is 4.01. The van der Waals surface area contributed by atoms with Crippen LogP contribution in [0.3, 0.4) is 0 Å². The Morgan fingerprint density at radius 3 is 1.85 bits per heavy atom. The summed E-state index contributed by atoms with van der Waals surface area (Å²) in [5.74, 6) is 2.35. The van der Waals surface area contributed by atoms with Gasteiger partial charge in [0, 0.05) is 37.3 Å². The first kappa shape index (κ1) is 53.2. The predicted octanol–water partition coefficient (Wildman–Crippen LogP) is 11.0. The van der Waals surface area contributed by atoms with Crippen molar-refractivity contribution in [3.8, 4) is 39.8 Å². The van der Waals surface area contributed by atoms with E-state index in [0.717, 1.165) is 34.2 Å². The van der Waals surface area contributed by atoms with Crippen LogP contribution in [-0.2, 0) is 45.6 Å². The van der Waals surface area contributed by atoms with Gasteiger partial charge in [0.15, 0.2) is 11.0 Å². The first-order valence-corrected chi connectivity index (χ1v) is 26.8. The topological polar surface area (TPSA) is 189 Å². The normalized spacial score (nSPS) is 13.5. The minimum atomic E-state index is -4.53. The molecular formula is C55H64N8O9S2. The van der Waals surface area contributed by atoms with Gasteiger partial charge in [-0.25, -0.2) is 27.7 Å². The van der Waals surface area contributed by atoms with Crippen LogP contribution in [0.15, 0.2) is 108 Å². The standard InChI is InChI=1S/C55H64N8O9S2/c1-54(2,3)71-52(64)57-51-56-48-45(11-10-12-46(48)73-51)44-28-21-40(20-13-36-29-31-61(32-30-36)53(65)72-55(4,5)6)49(47(44)50-58-59-60-63(50)35-39-18-26-43(70-9)27-19-39)74(66,67)62(33-37-14-22-41(68-7)23-15-37)34-38-16-24-42(69-8)25-17-38/h10-12,14-19,21-28,36H,13,20,29-35H2,1-9H3,(H,56,57,64). The number of rotatable bonds is 17. The number of sulfonamides is 1. The number of para-hydroxylation sites is 1. The number of anilines is 1. The van der Waals surface area contributed by atoms with Crippen molar-refractivity contribution >= 4 is 48.9 Å². The van der Waals surface area contributed by atoms with Gasteiger partial charge in [0.1, 0.15) is 28.5 Å². The number of tetrazole rings is 1. The number of fused-ring (bicyclic) bond motifs is 1. The second kappa shape index (κ2) is 22.6. The maximum atomic E-state index is 16.5. The SMILES string of the molecule is COc1ccc(CN(Cc2ccc(OC)cc2)S(=O)(=O)c2c(CCC3CCN(C(=O)OC(C)(C)C)CC3)ccc(-c3cccc4sc(NC(=O)OC(C)(C)C)nc34)c2-c2nnnn2Cc2ccc(OC)cc2)cc1. The maximum Gasteiger partial charge on any atom is 0.413 e. The van der Waals surface area contributed by atoms with E-state index in [0.29, 0.717) is 70.5 Å². The zero-order valence-electron chi connectivity index (χ0n) is 43.4. The highest BCUT2D eigenvalue weighted by Crippen LogP contribution is 2.44. The van der Waals surface area contributed by atoms with Gasteiger partial charge >= 0.3 is 12.2 Å². The maximum absolute atomic E-state index is 16.5. The average molecular weight is 1050 g/mol. The Morgan fingerprint density at radius 2 is 1.30 bits per heavy atom. The molecule has 2 aromatic heterocycles. The number of nitrogens with zero attached hydrogens (tertiary/aromatic N) is 7. The molecule has 0 radical (unpaired) electrons.